The van der Waals surface area contributed by atoms with E-state index in [9.17, 15) is 19.8 Å². The number of nitrogen functional groups attached to an aromatic ring is 1. The Morgan fingerprint density at radius 3 is 2.40 bits per heavy atom. The van der Waals surface area contributed by atoms with Crippen LogP contribution in [0.4, 0.5) is 17.2 Å². The first-order valence-corrected chi connectivity index (χ1v) is 23.7. The van der Waals surface area contributed by atoms with Gasteiger partial charge in [-0.2, -0.15) is 0 Å². The molecular weight excluding hydrogens is 873 g/mol. The van der Waals surface area contributed by atoms with Crippen LogP contribution in [0.15, 0.2) is 89.0 Å². The Bertz CT molecular complexity index is 2680. The Morgan fingerprint density at radius 2 is 1.69 bits per heavy atom. The zero-order valence-electron chi connectivity index (χ0n) is 38.0. The third-order valence-electron chi connectivity index (χ3n) is 13.0. The van der Waals surface area contributed by atoms with Crippen molar-refractivity contribution in [3.05, 3.63) is 102 Å². The number of phenolic OH excluding ortho intramolecular Hbond substituents is 1. The average molecular weight is 929 g/mol. The third kappa shape index (κ3) is 9.72. The van der Waals surface area contributed by atoms with Crippen LogP contribution in [-0.2, 0) is 9.59 Å². The van der Waals surface area contributed by atoms with Gasteiger partial charge >= 0.3 is 0 Å². The van der Waals surface area contributed by atoms with Crippen molar-refractivity contribution >= 4 is 40.3 Å². The van der Waals surface area contributed by atoms with Crippen molar-refractivity contribution in [3.63, 3.8) is 0 Å². The molecule has 17 nitrogen and oxygen atoms in total. The molecule has 9 rings (SSSR count). The van der Waals surface area contributed by atoms with E-state index >= 15 is 0 Å². The molecule has 3 saturated heterocycles. The summed E-state index contributed by atoms with van der Waals surface area (Å²) < 4.78 is 17.7. The van der Waals surface area contributed by atoms with Gasteiger partial charge in [-0.25, -0.2) is 9.97 Å². The van der Waals surface area contributed by atoms with E-state index in [2.05, 4.69) is 40.4 Å². The van der Waals surface area contributed by atoms with Crippen LogP contribution in [0, 0.1) is 12.8 Å². The van der Waals surface area contributed by atoms with Crippen molar-refractivity contribution in [1.29, 1.82) is 0 Å². The number of aromatic hydroxyl groups is 1. The molecule has 3 aliphatic rings. The Kier molecular flexibility index (Phi) is 13.3. The van der Waals surface area contributed by atoms with Crippen LogP contribution < -0.4 is 30.3 Å². The van der Waals surface area contributed by atoms with E-state index in [1.54, 1.807) is 35.7 Å². The minimum Gasteiger partial charge on any atom is -0.507 e. The van der Waals surface area contributed by atoms with E-state index in [0.29, 0.717) is 41.7 Å². The number of piperazine rings is 1. The quantitative estimate of drug-likeness (QED) is 0.0759. The fourth-order valence-corrected chi connectivity index (χ4v) is 10.5. The topological polar surface area (TPSA) is 218 Å². The number of nitrogens with two attached hydrogens (primary N) is 1. The fraction of sp³-hybridized carbons (Fsp3) is 0.408. The number of aromatic nitrogens is 5. The number of aryl methyl sites for hydroxylation is 1. The number of hydrogen-bond donors (Lipinski definition) is 4. The van der Waals surface area contributed by atoms with Crippen molar-refractivity contribution in [2.45, 2.75) is 89.6 Å². The molecule has 350 valence electrons. The van der Waals surface area contributed by atoms with Gasteiger partial charge in [0, 0.05) is 74.1 Å². The number of thiazole rings is 1. The van der Waals surface area contributed by atoms with Crippen molar-refractivity contribution in [3.8, 4) is 39.2 Å². The smallest absolute Gasteiger partial charge is 0.254 e. The molecule has 67 heavy (non-hydrogen) atoms. The number of nitrogens with zero attached hydrogens (tertiary/aromatic N) is 8. The molecule has 2 aromatic carbocycles. The highest BCUT2D eigenvalue weighted by molar-refractivity contribution is 7.13. The number of likely N-dealkylation sites (tertiary alicyclic amines) is 1. The van der Waals surface area contributed by atoms with Gasteiger partial charge in [0.25, 0.3) is 5.88 Å². The zero-order valence-corrected chi connectivity index (χ0v) is 38.8. The summed E-state index contributed by atoms with van der Waals surface area (Å²) in [6, 6.07) is 21.9. The molecule has 2 amide bonds. The number of nitrogens with one attached hydrogen (secondary N) is 1. The lowest BCUT2D eigenvalue weighted by Gasteiger charge is -2.43. The molecule has 2 bridgehead atoms. The number of ether oxygens (including phenoxy) is 2. The molecule has 3 aliphatic heterocycles. The number of carbonyl (C=O) groups excluding carboxylic acids is 2. The predicted molar refractivity (Wildman–Crippen MR) is 254 cm³/mol. The molecule has 18 heteroatoms. The number of amides is 2. The SMILES string of the molecule is Cc1ncsc1-c1ccc([C@H](C)NC(=O)[C@@H]2C[C@@H](O)CN2C(=O)[C@H](c2cc(OCCCOc3cc(N4C5CCC4CN(c4cc(-c6ccccc6O)nnc4N)C5)ccn3)no2)C(C)C)cc1. The molecule has 3 fully saturated rings. The summed E-state index contributed by atoms with van der Waals surface area (Å²) in [4.78, 5) is 44.0. The largest absolute Gasteiger partial charge is 0.507 e. The second-order valence-corrected chi connectivity index (χ2v) is 18.8. The normalized spacial score (nSPS) is 20.0. The molecule has 0 saturated carbocycles. The summed E-state index contributed by atoms with van der Waals surface area (Å²) in [6.45, 7) is 9.86. The van der Waals surface area contributed by atoms with Crippen LogP contribution >= 0.6 is 11.3 Å². The van der Waals surface area contributed by atoms with Crippen LogP contribution in [0.1, 0.15) is 75.4 Å². The lowest BCUT2D eigenvalue weighted by molar-refractivity contribution is -0.141. The molecule has 6 aromatic rings. The number of rotatable bonds is 16. The number of para-hydroxylation sites is 1. The van der Waals surface area contributed by atoms with E-state index in [-0.39, 0.29) is 67.1 Å². The highest BCUT2D eigenvalue weighted by atomic mass is 32.1. The van der Waals surface area contributed by atoms with Gasteiger partial charge < -0.3 is 50.0 Å². The number of carbonyl (C=O) groups is 2. The second-order valence-electron chi connectivity index (χ2n) is 17.9. The molecule has 7 heterocycles. The van der Waals surface area contributed by atoms with Crippen molar-refractivity contribution < 1.29 is 33.8 Å². The summed E-state index contributed by atoms with van der Waals surface area (Å²) >= 11 is 1.58. The molecule has 5 N–H and O–H groups in total. The number of aliphatic hydroxyl groups excluding tert-OH is 1. The zero-order chi connectivity index (χ0) is 46.8. The van der Waals surface area contributed by atoms with E-state index in [1.807, 2.05) is 87.8 Å². The first-order chi connectivity index (χ1) is 32.4. The summed E-state index contributed by atoms with van der Waals surface area (Å²) in [6.07, 6.45) is 3.65. The first kappa shape index (κ1) is 45.4. The van der Waals surface area contributed by atoms with Crippen LogP contribution in [0.2, 0.25) is 0 Å². The molecule has 0 aliphatic carbocycles. The Balaban J connectivity index is 0.761. The van der Waals surface area contributed by atoms with E-state index in [1.165, 1.54) is 4.90 Å². The van der Waals surface area contributed by atoms with Gasteiger partial charge in [-0.1, -0.05) is 50.2 Å². The Hall–Kier alpha value is -6.79. The van der Waals surface area contributed by atoms with Crippen LogP contribution in [-0.4, -0.2) is 109 Å². The van der Waals surface area contributed by atoms with Gasteiger partial charge in [-0.3, -0.25) is 9.59 Å². The van der Waals surface area contributed by atoms with Gasteiger partial charge in [0.15, 0.2) is 11.6 Å². The standard InChI is InChI=1S/C49H56N10O7S/c1-28(2)45(49(63)58-26-36(60)21-40(58)48(62)53-29(3)31-10-12-32(13-11-31)46-30(4)52-27-67-46)42-23-44(56-66-42)65-19-7-18-64-43-20-33(16-17-51-43)59-34-14-15-35(59)25-57(24-34)39-22-38(54-55-47(39)50)37-8-5-6-9-41(37)61/h5-6,8-13,16-17,20,22-23,27-29,34-36,40,45,60-61H,7,14-15,18-19,21,24-26H2,1-4H3,(H2,50,55)(H,53,62)/t29-,34?,35?,36+,40-,45-/m0/s1. The third-order valence-corrected chi connectivity index (χ3v) is 14.0. The number of pyridine rings is 1. The maximum Gasteiger partial charge on any atom is 0.254 e. The Morgan fingerprint density at radius 1 is 0.940 bits per heavy atom. The number of aliphatic hydroxyl groups is 1. The van der Waals surface area contributed by atoms with E-state index in [4.69, 9.17) is 19.7 Å². The van der Waals surface area contributed by atoms with Gasteiger partial charge in [-0.15, -0.1) is 21.5 Å². The van der Waals surface area contributed by atoms with E-state index < -0.39 is 18.1 Å². The number of hydrogen-bond acceptors (Lipinski definition) is 16. The minimum absolute atomic E-state index is 0.0356. The number of benzene rings is 2. The fourth-order valence-electron chi connectivity index (χ4n) is 9.64. The summed E-state index contributed by atoms with van der Waals surface area (Å²) in [5, 5.41) is 36.8. The molecule has 0 radical (unpaired) electrons. The molecular formula is C49H56N10O7S. The van der Waals surface area contributed by atoms with Gasteiger partial charge in [0.1, 0.15) is 17.7 Å². The van der Waals surface area contributed by atoms with Gasteiger partial charge in [-0.05, 0) is 73.2 Å². The highest BCUT2D eigenvalue weighted by Crippen LogP contribution is 2.40. The van der Waals surface area contributed by atoms with Crippen LogP contribution in [0.5, 0.6) is 17.5 Å². The van der Waals surface area contributed by atoms with Crippen molar-refractivity contribution in [1.82, 2.24) is 35.5 Å². The van der Waals surface area contributed by atoms with Crippen LogP contribution in [0.3, 0.4) is 0 Å². The van der Waals surface area contributed by atoms with Crippen molar-refractivity contribution in [2.24, 2.45) is 5.92 Å². The lowest BCUT2D eigenvalue weighted by atomic mass is 9.91. The molecule has 6 atom stereocenters. The number of anilines is 3. The Labute approximate surface area is 392 Å². The van der Waals surface area contributed by atoms with Crippen LogP contribution in [0.25, 0.3) is 21.7 Å². The number of β-amino-alcohol motifs (C(OH)–C–C–N with tert-alkyl or cyclic N) is 1. The second kappa shape index (κ2) is 19.6. The molecule has 0 spiro atoms. The number of phenols is 1. The van der Waals surface area contributed by atoms with Gasteiger partial charge in [0.2, 0.25) is 17.7 Å². The average Bonchev–Trinajstić information content (AvgIpc) is 4.12. The maximum atomic E-state index is 14.2. The summed E-state index contributed by atoms with van der Waals surface area (Å²) in [5.41, 5.74) is 14.2. The monoisotopic (exact) mass is 928 g/mol. The molecule has 4 aromatic heterocycles. The van der Waals surface area contributed by atoms with E-state index in [0.717, 1.165) is 59.0 Å². The highest BCUT2D eigenvalue weighted by Gasteiger charge is 2.44. The summed E-state index contributed by atoms with van der Waals surface area (Å²) in [5.74, 6) is -0.0240. The van der Waals surface area contributed by atoms with Crippen molar-refractivity contribution in [2.75, 3.05) is 48.4 Å². The minimum atomic E-state index is -0.846. The van der Waals surface area contributed by atoms with Gasteiger partial charge in [0.05, 0.1) is 52.8 Å². The number of fused-ring (bicyclic) bond motifs is 2. The lowest BCUT2D eigenvalue weighted by Crippen LogP contribution is -2.54. The summed E-state index contributed by atoms with van der Waals surface area (Å²) in [7, 11) is 0. The maximum absolute atomic E-state index is 14.2. The molecule has 2 unspecified atom stereocenters. The first-order valence-electron chi connectivity index (χ1n) is 22.8. The predicted octanol–water partition coefficient (Wildman–Crippen LogP) is 6.53.